The molecule has 1 unspecified atom stereocenters. The molecule has 8 rings (SSSR count). The third kappa shape index (κ3) is 6.31. The fourth-order valence-electron chi connectivity index (χ4n) is 8.24. The number of alkyl halides is 3. The molecule has 20 heteroatoms. The molecule has 0 bridgehead atoms. The number of likely N-dealkylation sites (tertiary alicyclic amines) is 1. The molecule has 1 aliphatic carbocycles. The minimum atomic E-state index is -4.61. The van der Waals surface area contributed by atoms with Crippen molar-refractivity contribution in [3.8, 4) is 17.0 Å². The van der Waals surface area contributed by atoms with E-state index in [9.17, 15) is 32.7 Å². The second-order valence-corrected chi connectivity index (χ2v) is 14.9. The molecule has 56 heavy (non-hydrogen) atoms. The van der Waals surface area contributed by atoms with Crippen LogP contribution in [0.3, 0.4) is 0 Å². The Morgan fingerprint density at radius 3 is 2.52 bits per heavy atom. The van der Waals surface area contributed by atoms with E-state index in [0.29, 0.717) is 68.3 Å². The molecule has 2 N–H and O–H groups in total. The van der Waals surface area contributed by atoms with Gasteiger partial charge in [0.1, 0.15) is 18.6 Å². The Bertz CT molecular complexity index is 2450. The zero-order chi connectivity index (χ0) is 39.7. The predicted octanol–water partition coefficient (Wildman–Crippen LogP) is 3.92. The molecule has 4 aromatic heterocycles. The molecule has 294 valence electrons. The standard InChI is InChI=1S/C36H37ClF3N11O5/c1-19-15-35(6-8-48(9-7-35)32(55)28-30(53)27(41-18-42-28)22-16-43-47(3)20(22)2)26-29(19)50(17-25(52)44-24-5-4-21(14-23(24)37)36(38,39)40)34-45-33(46-51(34)31(26)54)49-10-12-56-13-11-49/h4-5,14,16,18-19,53H,6-13,15,17H2,1-3H3,(H,44,52). The number of ether oxygens (including phenoxy) is 1. The van der Waals surface area contributed by atoms with Crippen LogP contribution in [0.2, 0.25) is 5.02 Å². The number of nitrogens with one attached hydrogen (secondary N) is 1. The molecule has 2 amide bonds. The lowest BCUT2D eigenvalue weighted by molar-refractivity contribution is -0.137. The van der Waals surface area contributed by atoms with Gasteiger partial charge in [-0.3, -0.25) is 19.1 Å². The van der Waals surface area contributed by atoms with Crippen LogP contribution in [-0.2, 0) is 34.7 Å². The van der Waals surface area contributed by atoms with Gasteiger partial charge in [-0.15, -0.1) is 5.10 Å². The maximum atomic E-state index is 14.6. The first-order chi connectivity index (χ1) is 26.7. The van der Waals surface area contributed by atoms with E-state index in [2.05, 4.69) is 25.5 Å². The highest BCUT2D eigenvalue weighted by Crippen LogP contribution is 2.50. The number of halogens is 4. The number of hydrogen-bond donors (Lipinski definition) is 2. The largest absolute Gasteiger partial charge is 0.504 e. The molecule has 3 aliphatic rings. The van der Waals surface area contributed by atoms with E-state index in [1.54, 1.807) is 27.4 Å². The number of aromatic nitrogens is 8. The summed E-state index contributed by atoms with van der Waals surface area (Å²) >= 11 is 6.17. The third-order valence-electron chi connectivity index (χ3n) is 11.2. The molecule has 2 saturated heterocycles. The molecule has 0 saturated carbocycles. The van der Waals surface area contributed by atoms with Crippen molar-refractivity contribution in [2.45, 2.75) is 57.2 Å². The lowest BCUT2D eigenvalue weighted by Gasteiger charge is -2.39. The first kappa shape index (κ1) is 37.4. The number of piperidine rings is 1. The van der Waals surface area contributed by atoms with Crippen molar-refractivity contribution in [2.75, 3.05) is 49.6 Å². The molecule has 6 heterocycles. The van der Waals surface area contributed by atoms with Crippen molar-refractivity contribution < 1.29 is 32.6 Å². The fraction of sp³-hybridized carbons (Fsp3) is 0.444. The number of morpholine rings is 1. The van der Waals surface area contributed by atoms with E-state index in [-0.39, 0.29) is 64.7 Å². The van der Waals surface area contributed by atoms with Crippen molar-refractivity contribution in [1.29, 1.82) is 0 Å². The number of carbonyl (C=O) groups excluding carboxylic acids is 2. The minimum absolute atomic E-state index is 0.00665. The summed E-state index contributed by atoms with van der Waals surface area (Å²) in [6, 6.07) is 2.67. The summed E-state index contributed by atoms with van der Waals surface area (Å²) in [4.78, 5) is 58.7. The van der Waals surface area contributed by atoms with Crippen LogP contribution in [-0.4, -0.2) is 100 Å². The number of fused-ring (bicyclic) bond motifs is 3. The number of hydrogen-bond acceptors (Lipinski definition) is 11. The van der Waals surface area contributed by atoms with E-state index >= 15 is 0 Å². The van der Waals surface area contributed by atoms with Gasteiger partial charge in [0.15, 0.2) is 11.4 Å². The van der Waals surface area contributed by atoms with Crippen LogP contribution >= 0.6 is 11.6 Å². The van der Waals surface area contributed by atoms with E-state index in [0.717, 1.165) is 23.9 Å². The average molecular weight is 796 g/mol. The van der Waals surface area contributed by atoms with Gasteiger partial charge in [0.05, 0.1) is 35.7 Å². The van der Waals surface area contributed by atoms with E-state index in [1.807, 2.05) is 18.7 Å². The van der Waals surface area contributed by atoms with Crippen LogP contribution in [0.25, 0.3) is 17.0 Å². The number of amides is 2. The van der Waals surface area contributed by atoms with Gasteiger partial charge < -0.3 is 29.5 Å². The molecule has 5 aromatic rings. The van der Waals surface area contributed by atoms with Crippen molar-refractivity contribution in [3.63, 3.8) is 0 Å². The monoisotopic (exact) mass is 795 g/mol. The Morgan fingerprint density at radius 1 is 1.12 bits per heavy atom. The zero-order valence-electron chi connectivity index (χ0n) is 30.6. The quantitative estimate of drug-likeness (QED) is 0.255. The fourth-order valence-corrected chi connectivity index (χ4v) is 8.47. The summed E-state index contributed by atoms with van der Waals surface area (Å²) in [5.41, 5.74) is 0.411. The minimum Gasteiger partial charge on any atom is -0.504 e. The molecular formula is C36H37ClF3N11O5. The number of nitrogens with zero attached hydrogens (tertiary/aromatic N) is 10. The highest BCUT2D eigenvalue weighted by atomic mass is 35.5. The summed E-state index contributed by atoms with van der Waals surface area (Å²) in [6.07, 6.45) is -0.487. The van der Waals surface area contributed by atoms with Crippen molar-refractivity contribution in [3.05, 3.63) is 74.3 Å². The van der Waals surface area contributed by atoms with Crippen molar-refractivity contribution in [1.82, 2.24) is 43.8 Å². The van der Waals surface area contributed by atoms with Gasteiger partial charge in [-0.1, -0.05) is 18.5 Å². The molecule has 1 spiro atoms. The summed E-state index contributed by atoms with van der Waals surface area (Å²) < 4.78 is 49.8. The van der Waals surface area contributed by atoms with Gasteiger partial charge in [0, 0.05) is 61.2 Å². The number of anilines is 2. The number of benzene rings is 1. The second kappa shape index (κ2) is 13.9. The summed E-state index contributed by atoms with van der Waals surface area (Å²) in [7, 11) is 1.76. The topological polar surface area (TPSA) is 178 Å². The van der Waals surface area contributed by atoms with Crippen LogP contribution in [0.5, 0.6) is 5.75 Å². The maximum absolute atomic E-state index is 14.6. The van der Waals surface area contributed by atoms with E-state index in [1.165, 1.54) is 10.8 Å². The van der Waals surface area contributed by atoms with Gasteiger partial charge in [0.2, 0.25) is 17.6 Å². The highest BCUT2D eigenvalue weighted by Gasteiger charge is 2.49. The lowest BCUT2D eigenvalue weighted by Crippen LogP contribution is -2.46. The highest BCUT2D eigenvalue weighted by molar-refractivity contribution is 6.33. The SMILES string of the molecule is Cc1c(-c2ncnc(C(=O)N3CCC4(CC3)CC(C)c3c4c(=O)n4nc(N5CCOCC5)nc4n3CC(=O)Nc3ccc(C(F)(F)F)cc3Cl)c2O)cnn1C. The van der Waals surface area contributed by atoms with Gasteiger partial charge in [0.25, 0.3) is 11.5 Å². The molecule has 1 atom stereocenters. The Morgan fingerprint density at radius 2 is 1.86 bits per heavy atom. The summed E-state index contributed by atoms with van der Waals surface area (Å²) in [6.45, 7) is 5.80. The van der Waals surface area contributed by atoms with Gasteiger partial charge >= 0.3 is 6.18 Å². The van der Waals surface area contributed by atoms with E-state index in [4.69, 9.17) is 21.3 Å². The predicted molar refractivity (Wildman–Crippen MR) is 196 cm³/mol. The Balaban J connectivity index is 1.12. The molecule has 2 fully saturated rings. The Kier molecular flexibility index (Phi) is 9.26. The number of aromatic hydroxyl groups is 1. The molecule has 2 aliphatic heterocycles. The second-order valence-electron chi connectivity index (χ2n) is 14.5. The van der Waals surface area contributed by atoms with Crippen LogP contribution in [0.1, 0.15) is 65.1 Å². The Hall–Kier alpha value is -5.56. The first-order valence-corrected chi connectivity index (χ1v) is 18.4. The van der Waals surface area contributed by atoms with E-state index < -0.39 is 29.0 Å². The number of carbonyl (C=O) groups is 2. The van der Waals surface area contributed by atoms with Crippen LogP contribution < -0.4 is 15.8 Å². The van der Waals surface area contributed by atoms with Crippen LogP contribution in [0, 0.1) is 6.92 Å². The molecular weight excluding hydrogens is 759 g/mol. The number of rotatable bonds is 6. The smallest absolute Gasteiger partial charge is 0.416 e. The molecule has 1 aromatic carbocycles. The van der Waals surface area contributed by atoms with Gasteiger partial charge in [-0.05, 0) is 50.3 Å². The van der Waals surface area contributed by atoms with Gasteiger partial charge in [-0.25, -0.2) is 9.97 Å². The van der Waals surface area contributed by atoms with Gasteiger partial charge in [-0.2, -0.15) is 27.8 Å². The van der Waals surface area contributed by atoms with Crippen molar-refractivity contribution >= 4 is 40.8 Å². The molecule has 0 radical (unpaired) electrons. The lowest BCUT2D eigenvalue weighted by atomic mass is 9.73. The maximum Gasteiger partial charge on any atom is 0.416 e. The Labute approximate surface area is 321 Å². The summed E-state index contributed by atoms with van der Waals surface area (Å²) in [5, 5.41) is 22.3. The van der Waals surface area contributed by atoms with Crippen molar-refractivity contribution in [2.24, 2.45) is 7.05 Å². The van der Waals surface area contributed by atoms with Crippen LogP contribution in [0.4, 0.5) is 24.8 Å². The molecule has 16 nitrogen and oxygen atoms in total. The average Bonchev–Trinajstić information content (AvgIpc) is 3.85. The number of aryl methyl sites for hydroxylation is 1. The van der Waals surface area contributed by atoms with Crippen LogP contribution in [0.15, 0.2) is 35.5 Å². The summed E-state index contributed by atoms with van der Waals surface area (Å²) in [5.74, 6) is -1.23. The normalized spacial score (nSPS) is 18.2. The first-order valence-electron chi connectivity index (χ1n) is 18.0. The third-order valence-corrected chi connectivity index (χ3v) is 11.5. The zero-order valence-corrected chi connectivity index (χ0v) is 31.4.